The lowest BCUT2D eigenvalue weighted by Gasteiger charge is -2.48. The molecule has 2 aromatic heterocycles. The third kappa shape index (κ3) is 4.79. The van der Waals surface area contributed by atoms with Crippen LogP contribution in [0.4, 0.5) is 5.82 Å². The van der Waals surface area contributed by atoms with Crippen LogP contribution in [0.1, 0.15) is 49.9 Å². The number of likely N-dealkylation sites (tertiary alicyclic amines) is 1. The molecule has 10 heteroatoms. The van der Waals surface area contributed by atoms with Crippen molar-refractivity contribution < 1.29 is 4.74 Å². The molecule has 3 aromatic rings. The molecule has 3 aliphatic heterocycles. The monoisotopic (exact) mass is 539 g/mol. The van der Waals surface area contributed by atoms with Gasteiger partial charge < -0.3 is 9.64 Å². The van der Waals surface area contributed by atoms with E-state index in [1.807, 2.05) is 19.1 Å². The SMILES string of the molecule is C[C@H](c1ccc(Cl)cc1Cl)n1nc(C#N)c2ncc(N3CC([C@H]4CCCN(C5CCOCC5)C4)C3)nc21. The van der Waals surface area contributed by atoms with Crippen molar-refractivity contribution in [3.05, 3.63) is 45.7 Å². The number of halogens is 2. The fraction of sp³-hybridized carbons (Fsp3) is 0.556. The molecule has 194 valence electrons. The van der Waals surface area contributed by atoms with Crippen LogP contribution >= 0.6 is 23.2 Å². The van der Waals surface area contributed by atoms with Crippen LogP contribution < -0.4 is 4.90 Å². The maximum absolute atomic E-state index is 9.66. The van der Waals surface area contributed by atoms with E-state index in [0.29, 0.717) is 33.2 Å². The summed E-state index contributed by atoms with van der Waals surface area (Å²) in [6.07, 6.45) is 6.70. The lowest BCUT2D eigenvalue weighted by Crippen LogP contribution is -2.55. The normalized spacial score (nSPS) is 22.6. The Hall–Kier alpha value is -2.44. The molecule has 0 radical (unpaired) electrons. The van der Waals surface area contributed by atoms with E-state index in [1.165, 1.54) is 25.9 Å². The highest BCUT2D eigenvalue weighted by molar-refractivity contribution is 6.35. The van der Waals surface area contributed by atoms with Crippen molar-refractivity contribution in [1.82, 2.24) is 24.6 Å². The van der Waals surface area contributed by atoms with Gasteiger partial charge in [-0.05, 0) is 68.7 Å². The molecule has 0 amide bonds. The molecule has 3 fully saturated rings. The average molecular weight is 540 g/mol. The molecular formula is C27H31Cl2N7O. The maximum atomic E-state index is 9.66. The summed E-state index contributed by atoms with van der Waals surface area (Å²) in [4.78, 5) is 14.6. The van der Waals surface area contributed by atoms with E-state index >= 15 is 0 Å². The van der Waals surface area contributed by atoms with Gasteiger partial charge in [-0.25, -0.2) is 14.6 Å². The molecule has 6 rings (SSSR count). The fourth-order valence-electron chi connectivity index (χ4n) is 6.17. The molecule has 8 nitrogen and oxygen atoms in total. The van der Waals surface area contributed by atoms with Gasteiger partial charge in [0.2, 0.25) is 0 Å². The predicted molar refractivity (Wildman–Crippen MR) is 144 cm³/mol. The van der Waals surface area contributed by atoms with Crippen molar-refractivity contribution in [3.63, 3.8) is 0 Å². The highest BCUT2D eigenvalue weighted by Gasteiger charge is 2.38. The second-order valence-electron chi connectivity index (χ2n) is 10.6. The summed E-state index contributed by atoms with van der Waals surface area (Å²) in [5.41, 5.74) is 2.24. The molecule has 3 saturated heterocycles. The summed E-state index contributed by atoms with van der Waals surface area (Å²) >= 11 is 12.6. The Morgan fingerprint density at radius 1 is 1.11 bits per heavy atom. The molecule has 2 atom stereocenters. The van der Waals surface area contributed by atoms with Gasteiger partial charge in [-0.3, -0.25) is 4.90 Å². The van der Waals surface area contributed by atoms with Crippen LogP contribution in [-0.2, 0) is 4.74 Å². The fourth-order valence-corrected chi connectivity index (χ4v) is 6.74. The average Bonchev–Trinajstić information content (AvgIpc) is 3.26. The smallest absolute Gasteiger partial charge is 0.190 e. The second-order valence-corrected chi connectivity index (χ2v) is 11.4. The topological polar surface area (TPSA) is 83.1 Å². The van der Waals surface area contributed by atoms with Crippen molar-refractivity contribution >= 4 is 40.2 Å². The predicted octanol–water partition coefficient (Wildman–Crippen LogP) is 4.94. The Balaban J connectivity index is 1.19. The number of aromatic nitrogens is 4. The van der Waals surface area contributed by atoms with E-state index in [1.54, 1.807) is 16.9 Å². The Labute approximate surface area is 227 Å². The number of ether oxygens (including phenoxy) is 1. The van der Waals surface area contributed by atoms with Gasteiger partial charge in [0.05, 0.1) is 12.2 Å². The van der Waals surface area contributed by atoms with E-state index in [2.05, 4.69) is 26.0 Å². The Morgan fingerprint density at radius 2 is 1.92 bits per heavy atom. The number of piperidine rings is 1. The molecule has 0 spiro atoms. The first-order valence-electron chi connectivity index (χ1n) is 13.2. The summed E-state index contributed by atoms with van der Waals surface area (Å²) in [5.74, 6) is 2.24. The van der Waals surface area contributed by atoms with Crippen LogP contribution in [0, 0.1) is 23.2 Å². The summed E-state index contributed by atoms with van der Waals surface area (Å²) < 4.78 is 7.33. The minimum atomic E-state index is -0.235. The largest absolute Gasteiger partial charge is 0.381 e. The van der Waals surface area contributed by atoms with Crippen LogP contribution in [0.5, 0.6) is 0 Å². The van der Waals surface area contributed by atoms with E-state index in [9.17, 15) is 5.26 Å². The van der Waals surface area contributed by atoms with Gasteiger partial charge in [0.25, 0.3) is 0 Å². The number of hydrogen-bond acceptors (Lipinski definition) is 7. The zero-order valence-electron chi connectivity index (χ0n) is 21.0. The van der Waals surface area contributed by atoms with Gasteiger partial charge in [-0.1, -0.05) is 29.3 Å². The molecule has 5 heterocycles. The van der Waals surface area contributed by atoms with E-state index in [0.717, 1.165) is 56.4 Å². The lowest BCUT2D eigenvalue weighted by atomic mass is 9.80. The van der Waals surface area contributed by atoms with Gasteiger partial charge in [-0.15, -0.1) is 0 Å². The molecule has 3 aliphatic rings. The minimum Gasteiger partial charge on any atom is -0.381 e. The van der Waals surface area contributed by atoms with Crippen molar-refractivity contribution in [2.24, 2.45) is 11.8 Å². The molecule has 0 N–H and O–H groups in total. The zero-order valence-corrected chi connectivity index (χ0v) is 22.5. The summed E-state index contributed by atoms with van der Waals surface area (Å²) in [6, 6.07) is 8.03. The summed E-state index contributed by atoms with van der Waals surface area (Å²) in [5, 5.41) is 15.3. The van der Waals surface area contributed by atoms with Gasteiger partial charge in [0.1, 0.15) is 17.4 Å². The molecule has 1 aromatic carbocycles. The molecule has 0 saturated carbocycles. The van der Waals surface area contributed by atoms with Crippen LogP contribution in [-0.4, -0.2) is 70.1 Å². The first kappa shape index (κ1) is 24.9. The zero-order chi connectivity index (χ0) is 25.5. The standard InChI is InChI=1S/C27H31Cl2N7O/c1-17(22-5-4-20(28)11-23(22)29)36-27-26(24(12-30)33-36)31-13-25(32-27)35-15-19(16-35)18-3-2-8-34(14-18)21-6-9-37-10-7-21/h4-5,11,13,17-19,21H,2-3,6-10,14-16H2,1H3/t17-,18+/m1/s1. The highest BCUT2D eigenvalue weighted by atomic mass is 35.5. The number of anilines is 1. The van der Waals surface area contributed by atoms with E-state index in [4.69, 9.17) is 32.9 Å². The number of fused-ring (bicyclic) bond motifs is 1. The van der Waals surface area contributed by atoms with Crippen molar-refractivity contribution in [2.75, 3.05) is 44.3 Å². The number of rotatable bonds is 5. The quantitative estimate of drug-likeness (QED) is 0.453. The lowest BCUT2D eigenvalue weighted by molar-refractivity contribution is 0.00872. The van der Waals surface area contributed by atoms with Crippen molar-refractivity contribution in [3.8, 4) is 6.07 Å². The highest BCUT2D eigenvalue weighted by Crippen LogP contribution is 2.36. The Bertz CT molecular complexity index is 1330. The van der Waals surface area contributed by atoms with E-state index in [-0.39, 0.29) is 11.7 Å². The minimum absolute atomic E-state index is 0.235. The Kier molecular flexibility index (Phi) is 6.97. The second kappa shape index (κ2) is 10.4. The van der Waals surface area contributed by atoms with Gasteiger partial charge in [0, 0.05) is 48.9 Å². The first-order chi connectivity index (χ1) is 18.0. The van der Waals surface area contributed by atoms with Gasteiger partial charge >= 0.3 is 0 Å². The van der Waals surface area contributed by atoms with Crippen LogP contribution in [0.15, 0.2) is 24.4 Å². The van der Waals surface area contributed by atoms with Crippen LogP contribution in [0.2, 0.25) is 10.0 Å². The first-order valence-corrected chi connectivity index (χ1v) is 13.9. The molecule has 0 aliphatic carbocycles. The molecule has 37 heavy (non-hydrogen) atoms. The number of benzene rings is 1. The maximum Gasteiger partial charge on any atom is 0.190 e. The number of nitriles is 1. The third-order valence-electron chi connectivity index (χ3n) is 8.37. The third-order valence-corrected chi connectivity index (χ3v) is 8.94. The van der Waals surface area contributed by atoms with Crippen molar-refractivity contribution in [2.45, 2.75) is 44.7 Å². The van der Waals surface area contributed by atoms with Crippen molar-refractivity contribution in [1.29, 1.82) is 5.26 Å². The van der Waals surface area contributed by atoms with Crippen LogP contribution in [0.25, 0.3) is 11.2 Å². The Morgan fingerprint density at radius 3 is 2.68 bits per heavy atom. The summed E-state index contributed by atoms with van der Waals surface area (Å²) in [7, 11) is 0. The van der Waals surface area contributed by atoms with Crippen LogP contribution in [0.3, 0.4) is 0 Å². The van der Waals surface area contributed by atoms with E-state index < -0.39 is 0 Å². The molecular weight excluding hydrogens is 509 g/mol. The van der Waals surface area contributed by atoms with Gasteiger partial charge in [0.15, 0.2) is 11.3 Å². The molecule has 0 bridgehead atoms. The number of hydrogen-bond donors (Lipinski definition) is 0. The van der Waals surface area contributed by atoms with Gasteiger partial charge in [-0.2, -0.15) is 10.4 Å². The molecule has 0 unspecified atom stereocenters. The number of nitrogens with zero attached hydrogens (tertiary/aromatic N) is 7. The summed E-state index contributed by atoms with van der Waals surface area (Å²) in [6.45, 7) is 8.19.